The predicted molar refractivity (Wildman–Crippen MR) is 60.4 cm³/mol. The lowest BCUT2D eigenvalue weighted by atomic mass is 9.78. The molecule has 1 nitrogen and oxygen atoms in total. The quantitative estimate of drug-likeness (QED) is 0.844. The molecule has 0 heterocycles. The molecular weight excluding hydrogens is 213 g/mol. The third-order valence-corrected chi connectivity index (χ3v) is 3.67. The van der Waals surface area contributed by atoms with Crippen LogP contribution in [0.4, 0.5) is 4.39 Å². The van der Waals surface area contributed by atoms with Crippen LogP contribution in [0.1, 0.15) is 24.8 Å². The fourth-order valence-electron chi connectivity index (χ4n) is 1.99. The summed E-state index contributed by atoms with van der Waals surface area (Å²) in [5.74, 6) is 0.249. The Bertz CT molecular complexity index is 349. The molecule has 82 valence electrons. The second-order valence-corrected chi connectivity index (χ2v) is 4.65. The Morgan fingerprint density at radius 2 is 2.20 bits per heavy atom. The van der Waals surface area contributed by atoms with E-state index >= 15 is 0 Å². The van der Waals surface area contributed by atoms with Crippen molar-refractivity contribution < 1.29 is 4.39 Å². The largest absolute Gasteiger partial charge is 0.327 e. The van der Waals surface area contributed by atoms with Crippen LogP contribution in [0.25, 0.3) is 0 Å². The maximum atomic E-state index is 13.2. The molecule has 0 amide bonds. The molecule has 1 unspecified atom stereocenters. The van der Waals surface area contributed by atoms with Gasteiger partial charge in [0.2, 0.25) is 0 Å². The highest BCUT2D eigenvalue weighted by Gasteiger charge is 2.25. The molecule has 1 aliphatic carbocycles. The van der Waals surface area contributed by atoms with Gasteiger partial charge in [-0.25, -0.2) is 4.39 Å². The van der Waals surface area contributed by atoms with Gasteiger partial charge in [-0.3, -0.25) is 0 Å². The summed E-state index contributed by atoms with van der Waals surface area (Å²) in [6.45, 7) is 0. The molecule has 0 bridgehead atoms. The van der Waals surface area contributed by atoms with Crippen LogP contribution in [0.2, 0.25) is 5.02 Å². The lowest BCUT2D eigenvalue weighted by Gasteiger charge is -2.31. The van der Waals surface area contributed by atoms with E-state index in [0.717, 1.165) is 5.56 Å². The Labute approximate surface area is 94.4 Å². The molecule has 1 atom stereocenters. The third-order valence-electron chi connectivity index (χ3n) is 3.24. The standard InChI is InChI=1S/C12H15ClFN/c13-12-9(5-2-6-10(12)14)7-11(15)8-3-1-4-8/h2,5-6,8,11H,1,3-4,7,15H2. The molecule has 0 aromatic heterocycles. The molecule has 0 saturated heterocycles. The van der Waals surface area contributed by atoms with Gasteiger partial charge in [0.15, 0.2) is 0 Å². The van der Waals surface area contributed by atoms with Crippen LogP contribution in [-0.2, 0) is 6.42 Å². The van der Waals surface area contributed by atoms with Crippen molar-refractivity contribution in [3.63, 3.8) is 0 Å². The summed E-state index contributed by atoms with van der Waals surface area (Å²) in [7, 11) is 0. The molecule has 2 N–H and O–H groups in total. The van der Waals surface area contributed by atoms with E-state index in [0.29, 0.717) is 12.3 Å². The zero-order valence-corrected chi connectivity index (χ0v) is 9.30. The van der Waals surface area contributed by atoms with Crippen LogP contribution in [0.3, 0.4) is 0 Å². The number of hydrogen-bond acceptors (Lipinski definition) is 1. The Morgan fingerprint density at radius 1 is 1.47 bits per heavy atom. The number of nitrogens with two attached hydrogens (primary N) is 1. The highest BCUT2D eigenvalue weighted by molar-refractivity contribution is 6.31. The number of hydrogen-bond donors (Lipinski definition) is 1. The summed E-state index contributed by atoms with van der Waals surface area (Å²) in [6, 6.07) is 5.03. The molecular formula is C12H15ClFN. The summed E-state index contributed by atoms with van der Waals surface area (Å²) < 4.78 is 13.2. The zero-order chi connectivity index (χ0) is 10.8. The van der Waals surface area contributed by atoms with Crippen LogP contribution in [-0.4, -0.2) is 6.04 Å². The van der Waals surface area contributed by atoms with Crippen molar-refractivity contribution >= 4 is 11.6 Å². The Hall–Kier alpha value is -0.600. The number of benzene rings is 1. The van der Waals surface area contributed by atoms with Crippen LogP contribution in [0.15, 0.2) is 18.2 Å². The number of halogens is 2. The van der Waals surface area contributed by atoms with E-state index in [9.17, 15) is 4.39 Å². The van der Waals surface area contributed by atoms with Gasteiger partial charge in [0, 0.05) is 6.04 Å². The molecule has 1 aliphatic rings. The van der Waals surface area contributed by atoms with Crippen molar-refractivity contribution in [3.05, 3.63) is 34.6 Å². The van der Waals surface area contributed by atoms with E-state index in [2.05, 4.69) is 0 Å². The van der Waals surface area contributed by atoms with Gasteiger partial charge in [0.05, 0.1) is 5.02 Å². The first-order valence-electron chi connectivity index (χ1n) is 5.37. The molecule has 1 saturated carbocycles. The molecule has 1 aromatic rings. The van der Waals surface area contributed by atoms with Gasteiger partial charge in [-0.2, -0.15) is 0 Å². The van der Waals surface area contributed by atoms with Crippen molar-refractivity contribution in [2.45, 2.75) is 31.7 Å². The van der Waals surface area contributed by atoms with E-state index < -0.39 is 0 Å². The first kappa shape index (κ1) is 10.9. The average molecular weight is 228 g/mol. The second kappa shape index (κ2) is 4.50. The first-order chi connectivity index (χ1) is 7.18. The van der Waals surface area contributed by atoms with Crippen LogP contribution >= 0.6 is 11.6 Å². The van der Waals surface area contributed by atoms with Crippen molar-refractivity contribution in [1.82, 2.24) is 0 Å². The van der Waals surface area contributed by atoms with E-state index in [1.165, 1.54) is 25.3 Å². The Balaban J connectivity index is 2.06. The average Bonchev–Trinajstić information content (AvgIpc) is 2.10. The van der Waals surface area contributed by atoms with Crippen molar-refractivity contribution in [2.75, 3.05) is 0 Å². The minimum Gasteiger partial charge on any atom is -0.327 e. The van der Waals surface area contributed by atoms with E-state index in [4.69, 9.17) is 17.3 Å². The van der Waals surface area contributed by atoms with Gasteiger partial charge in [-0.15, -0.1) is 0 Å². The molecule has 3 heteroatoms. The van der Waals surface area contributed by atoms with E-state index in [1.54, 1.807) is 6.07 Å². The predicted octanol–water partition coefficient (Wildman–Crippen LogP) is 3.15. The molecule has 0 aliphatic heterocycles. The summed E-state index contributed by atoms with van der Waals surface area (Å²) in [5, 5.41) is 0.229. The highest BCUT2D eigenvalue weighted by atomic mass is 35.5. The molecule has 0 radical (unpaired) electrons. The molecule has 0 spiro atoms. The molecule has 1 fully saturated rings. The Kier molecular flexibility index (Phi) is 3.27. The van der Waals surface area contributed by atoms with Crippen molar-refractivity contribution in [1.29, 1.82) is 0 Å². The van der Waals surface area contributed by atoms with E-state index in [-0.39, 0.29) is 16.9 Å². The number of rotatable bonds is 3. The maximum Gasteiger partial charge on any atom is 0.142 e. The monoisotopic (exact) mass is 227 g/mol. The zero-order valence-electron chi connectivity index (χ0n) is 8.55. The summed E-state index contributed by atoms with van der Waals surface area (Å²) in [4.78, 5) is 0. The van der Waals surface area contributed by atoms with Crippen molar-refractivity contribution in [2.24, 2.45) is 11.7 Å². The van der Waals surface area contributed by atoms with Gasteiger partial charge in [-0.1, -0.05) is 30.2 Å². The smallest absolute Gasteiger partial charge is 0.142 e. The van der Waals surface area contributed by atoms with Gasteiger partial charge in [0.1, 0.15) is 5.82 Å². The summed E-state index contributed by atoms with van der Waals surface area (Å²) >= 11 is 5.87. The topological polar surface area (TPSA) is 26.0 Å². The van der Waals surface area contributed by atoms with Gasteiger partial charge >= 0.3 is 0 Å². The first-order valence-corrected chi connectivity index (χ1v) is 5.74. The van der Waals surface area contributed by atoms with Crippen LogP contribution in [0, 0.1) is 11.7 Å². The third kappa shape index (κ3) is 2.32. The fourth-order valence-corrected chi connectivity index (χ4v) is 2.20. The van der Waals surface area contributed by atoms with E-state index in [1.807, 2.05) is 6.07 Å². The Morgan fingerprint density at radius 3 is 2.80 bits per heavy atom. The fraction of sp³-hybridized carbons (Fsp3) is 0.500. The van der Waals surface area contributed by atoms with Gasteiger partial charge in [0.25, 0.3) is 0 Å². The highest BCUT2D eigenvalue weighted by Crippen LogP contribution is 2.31. The molecule has 1 aromatic carbocycles. The van der Waals surface area contributed by atoms with Gasteiger partial charge in [-0.05, 0) is 36.8 Å². The maximum absolute atomic E-state index is 13.2. The minimum absolute atomic E-state index is 0.123. The minimum atomic E-state index is -0.352. The van der Waals surface area contributed by atoms with Crippen LogP contribution in [0.5, 0.6) is 0 Å². The molecule has 15 heavy (non-hydrogen) atoms. The van der Waals surface area contributed by atoms with Gasteiger partial charge < -0.3 is 5.73 Å². The lowest BCUT2D eigenvalue weighted by molar-refractivity contribution is 0.260. The lowest BCUT2D eigenvalue weighted by Crippen LogP contribution is -2.36. The van der Waals surface area contributed by atoms with Crippen LogP contribution < -0.4 is 5.73 Å². The SMILES string of the molecule is NC(Cc1cccc(F)c1Cl)C1CCC1. The second-order valence-electron chi connectivity index (χ2n) is 4.27. The summed E-state index contributed by atoms with van der Waals surface area (Å²) in [5.41, 5.74) is 6.88. The summed E-state index contributed by atoms with van der Waals surface area (Å²) in [6.07, 6.45) is 4.36. The van der Waals surface area contributed by atoms with Crippen molar-refractivity contribution in [3.8, 4) is 0 Å². The normalized spacial score (nSPS) is 18.6. The molecule has 2 rings (SSSR count).